The SMILES string of the molecule is CC1O[C@@H](COCC2C(COC[C@@H]3OC(C(=O)O)=CC(O)C3O)C(O)OC(CS(=O)(=O)O)[C@@H]2O)C(OS(=O)(=O)O)C(O)[C@H]1OS(=O)(=O)O. The number of hydrogen-bond acceptors (Lipinski definition) is 19. The fourth-order valence-electron chi connectivity index (χ4n) is 5.30. The van der Waals surface area contributed by atoms with E-state index < -0.39 is 154 Å². The Labute approximate surface area is 273 Å². The highest BCUT2D eigenvalue weighted by Gasteiger charge is 2.50. The summed E-state index contributed by atoms with van der Waals surface area (Å²) in [4.78, 5) is 11.2. The predicted molar refractivity (Wildman–Crippen MR) is 148 cm³/mol. The Hall–Kier alpha value is -1.70. The van der Waals surface area contributed by atoms with Gasteiger partial charge in [0.1, 0.15) is 48.5 Å². The molecule has 26 heteroatoms. The van der Waals surface area contributed by atoms with Crippen LogP contribution in [0.2, 0.25) is 0 Å². The lowest BCUT2D eigenvalue weighted by atomic mass is 9.83. The summed E-state index contributed by atoms with van der Waals surface area (Å²) < 4.78 is 131. The van der Waals surface area contributed by atoms with Gasteiger partial charge in [-0.2, -0.15) is 25.3 Å². The molecule has 0 bridgehead atoms. The van der Waals surface area contributed by atoms with E-state index in [-0.39, 0.29) is 0 Å². The zero-order chi connectivity index (χ0) is 36.4. The second kappa shape index (κ2) is 16.1. The smallest absolute Gasteiger partial charge is 0.397 e. The molecule has 0 aromatic rings. The number of hydrogen-bond donors (Lipinski definition) is 9. The van der Waals surface area contributed by atoms with Crippen LogP contribution < -0.4 is 0 Å². The summed E-state index contributed by atoms with van der Waals surface area (Å²) in [6.07, 6.45) is -18.7. The van der Waals surface area contributed by atoms with Crippen molar-refractivity contribution in [2.75, 3.05) is 32.2 Å². The molecule has 13 atom stereocenters. The fraction of sp³-hybridized carbons (Fsp3) is 0.864. The van der Waals surface area contributed by atoms with Gasteiger partial charge in [0.15, 0.2) is 12.4 Å². The van der Waals surface area contributed by atoms with Crippen molar-refractivity contribution in [2.45, 2.75) is 74.3 Å². The van der Waals surface area contributed by atoms with Crippen LogP contribution in [0.5, 0.6) is 0 Å². The minimum Gasteiger partial charge on any atom is -0.478 e. The second-order valence-electron chi connectivity index (χ2n) is 11.0. The van der Waals surface area contributed by atoms with Crippen LogP contribution in [0.25, 0.3) is 0 Å². The summed E-state index contributed by atoms with van der Waals surface area (Å²) in [5.74, 6) is -6.06. The average molecular weight is 765 g/mol. The first-order valence-electron chi connectivity index (χ1n) is 13.7. The van der Waals surface area contributed by atoms with Gasteiger partial charge in [0.2, 0.25) is 5.76 Å². The molecular weight excluding hydrogens is 728 g/mol. The van der Waals surface area contributed by atoms with Crippen LogP contribution in [-0.2, 0) is 67.8 Å². The molecule has 0 aromatic carbocycles. The molecule has 3 aliphatic rings. The molecule has 23 nitrogen and oxygen atoms in total. The Bertz CT molecular complexity index is 1470. The number of carboxylic acid groups (broad SMARTS) is 1. The molecule has 0 spiro atoms. The summed E-state index contributed by atoms with van der Waals surface area (Å²) >= 11 is 0. The van der Waals surface area contributed by atoms with Gasteiger partial charge in [-0.25, -0.2) is 13.2 Å². The largest absolute Gasteiger partial charge is 0.478 e. The molecule has 2 fully saturated rings. The summed E-state index contributed by atoms with van der Waals surface area (Å²) in [6.45, 7) is -1.40. The van der Waals surface area contributed by atoms with Crippen LogP contribution in [0.4, 0.5) is 0 Å². The highest BCUT2D eigenvalue weighted by molar-refractivity contribution is 7.85. The number of aliphatic hydroxyl groups is 5. The van der Waals surface area contributed by atoms with Gasteiger partial charge in [0.25, 0.3) is 10.1 Å². The van der Waals surface area contributed by atoms with Crippen molar-refractivity contribution < 1.29 is 106 Å². The molecule has 0 aromatic heterocycles. The van der Waals surface area contributed by atoms with Gasteiger partial charge in [0, 0.05) is 11.8 Å². The van der Waals surface area contributed by atoms with Crippen molar-refractivity contribution >= 4 is 36.9 Å². The molecule has 3 aliphatic heterocycles. The van der Waals surface area contributed by atoms with Crippen molar-refractivity contribution in [3.8, 4) is 0 Å². The van der Waals surface area contributed by atoms with Gasteiger partial charge in [-0.3, -0.25) is 13.7 Å². The average Bonchev–Trinajstić information content (AvgIpc) is 2.92. The predicted octanol–water partition coefficient (Wildman–Crippen LogP) is -5.17. The van der Waals surface area contributed by atoms with Crippen molar-refractivity contribution in [1.82, 2.24) is 0 Å². The van der Waals surface area contributed by atoms with E-state index in [1.165, 1.54) is 0 Å². The normalized spacial score (nSPS) is 38.2. The summed E-state index contributed by atoms with van der Waals surface area (Å²) in [6, 6.07) is 0. The van der Waals surface area contributed by atoms with Gasteiger partial charge < -0.3 is 54.3 Å². The van der Waals surface area contributed by atoms with Gasteiger partial charge in [-0.1, -0.05) is 0 Å². The minimum atomic E-state index is -5.33. The lowest BCUT2D eigenvalue weighted by Gasteiger charge is -2.44. The molecule has 48 heavy (non-hydrogen) atoms. The molecule has 9 N–H and O–H groups in total. The van der Waals surface area contributed by atoms with Crippen molar-refractivity contribution in [3.63, 3.8) is 0 Å². The molecule has 3 heterocycles. The van der Waals surface area contributed by atoms with Crippen LogP contribution in [0, 0.1) is 11.8 Å². The van der Waals surface area contributed by atoms with Gasteiger partial charge >= 0.3 is 26.8 Å². The van der Waals surface area contributed by atoms with E-state index in [0.717, 1.165) is 13.0 Å². The molecule has 0 amide bonds. The number of aliphatic carboxylic acids is 1. The third-order valence-corrected chi connectivity index (χ3v) is 9.19. The van der Waals surface area contributed by atoms with Crippen molar-refractivity contribution in [2.24, 2.45) is 11.8 Å². The maximum atomic E-state index is 11.5. The third-order valence-electron chi connectivity index (χ3n) is 7.51. The monoisotopic (exact) mass is 764 g/mol. The minimum absolute atomic E-state index is 0.571. The molecule has 0 saturated carbocycles. The molecule has 3 rings (SSSR count). The van der Waals surface area contributed by atoms with Crippen LogP contribution in [-0.4, -0.2) is 175 Å². The van der Waals surface area contributed by atoms with E-state index >= 15 is 0 Å². The maximum absolute atomic E-state index is 11.5. The molecule has 2 saturated heterocycles. The van der Waals surface area contributed by atoms with E-state index in [4.69, 9.17) is 33.3 Å². The number of rotatable bonds is 15. The van der Waals surface area contributed by atoms with Crippen LogP contribution in [0.1, 0.15) is 6.92 Å². The molecular formula is C22H36O23S3. The van der Waals surface area contributed by atoms with Gasteiger partial charge in [0.05, 0.1) is 38.6 Å². The van der Waals surface area contributed by atoms with Crippen LogP contribution >= 0.6 is 0 Å². The van der Waals surface area contributed by atoms with Gasteiger partial charge in [-0.15, -0.1) is 0 Å². The summed E-state index contributed by atoms with van der Waals surface area (Å²) in [5.41, 5.74) is 0. The van der Waals surface area contributed by atoms with E-state index in [9.17, 15) is 64.7 Å². The van der Waals surface area contributed by atoms with Crippen molar-refractivity contribution in [1.29, 1.82) is 0 Å². The summed E-state index contributed by atoms with van der Waals surface area (Å²) in [5, 5.41) is 61.4. The number of aliphatic hydroxyl groups excluding tert-OH is 5. The Morgan fingerprint density at radius 3 is 1.81 bits per heavy atom. The van der Waals surface area contributed by atoms with E-state index in [1.54, 1.807) is 0 Å². The third kappa shape index (κ3) is 11.4. The van der Waals surface area contributed by atoms with Crippen LogP contribution in [0.3, 0.4) is 0 Å². The first-order chi connectivity index (χ1) is 22.0. The Morgan fingerprint density at radius 2 is 1.27 bits per heavy atom. The first kappa shape index (κ1) is 40.7. The number of carbonyl (C=O) groups is 1. The van der Waals surface area contributed by atoms with E-state index in [1.807, 2.05) is 0 Å². The standard InChI is InChI=1S/C22H36O23S3/c1-8-19(44-47(33,34)35)18(26)20(45-48(36,37)38)14(41-8)6-39-3-9-10(22(29)43-15(16(9)24)7-46(30,31)32)4-40-5-13-17(25)11(23)2-12(42-13)21(27)28/h2,8-11,13-20,22-26,29H,3-7H2,1H3,(H,27,28)(H,30,31,32)(H,33,34,35)(H,36,37,38)/t8?,9?,10?,11?,13-,14-,15?,16+,17?,18?,19-,20?,22?/m0/s1. The zero-order valence-electron chi connectivity index (χ0n) is 24.6. The van der Waals surface area contributed by atoms with E-state index in [0.29, 0.717) is 0 Å². The lowest BCUT2D eigenvalue weighted by Crippen LogP contribution is -2.60. The Balaban J connectivity index is 1.76. The highest BCUT2D eigenvalue weighted by atomic mass is 32.3. The van der Waals surface area contributed by atoms with Gasteiger partial charge in [-0.05, 0) is 13.0 Å². The molecule has 9 unspecified atom stereocenters. The Morgan fingerprint density at radius 1 is 0.729 bits per heavy atom. The molecule has 0 aliphatic carbocycles. The zero-order valence-corrected chi connectivity index (χ0v) is 27.0. The van der Waals surface area contributed by atoms with Crippen LogP contribution in [0.15, 0.2) is 11.8 Å². The number of carboxylic acids is 1. The number of ether oxygens (including phenoxy) is 5. The highest BCUT2D eigenvalue weighted by Crippen LogP contribution is 2.33. The first-order valence-corrected chi connectivity index (χ1v) is 18.1. The lowest BCUT2D eigenvalue weighted by molar-refractivity contribution is -0.263. The van der Waals surface area contributed by atoms with E-state index in [2.05, 4.69) is 8.37 Å². The molecule has 0 radical (unpaired) electrons. The van der Waals surface area contributed by atoms with Crippen molar-refractivity contribution in [3.05, 3.63) is 11.8 Å². The molecule has 280 valence electrons. The quantitative estimate of drug-likeness (QED) is 0.0704. The second-order valence-corrected chi connectivity index (χ2v) is 14.6. The Kier molecular flexibility index (Phi) is 13.7. The fourth-order valence-corrected chi connectivity index (χ4v) is 7.06. The topological polar surface area (TPSA) is 366 Å². The summed E-state index contributed by atoms with van der Waals surface area (Å²) in [7, 11) is -15.3. The maximum Gasteiger partial charge on any atom is 0.397 e.